The summed E-state index contributed by atoms with van der Waals surface area (Å²) in [6, 6.07) is 0.674. The Morgan fingerprint density at radius 1 is 1.25 bits per heavy atom. The summed E-state index contributed by atoms with van der Waals surface area (Å²) in [5.74, 6) is 0.884. The van der Waals surface area contributed by atoms with Crippen LogP contribution in [-0.2, 0) is 4.74 Å². The van der Waals surface area contributed by atoms with Crippen LogP contribution in [0.4, 0.5) is 0 Å². The van der Waals surface area contributed by atoms with Gasteiger partial charge in [-0.1, -0.05) is 33.6 Å². The molecule has 1 fully saturated rings. The van der Waals surface area contributed by atoms with Crippen molar-refractivity contribution < 1.29 is 4.74 Å². The molecule has 0 radical (unpaired) electrons. The van der Waals surface area contributed by atoms with Gasteiger partial charge >= 0.3 is 0 Å². The number of ether oxygens (including phenoxy) is 1. The topological polar surface area (TPSA) is 38.5 Å². The van der Waals surface area contributed by atoms with E-state index < -0.39 is 0 Å². The zero-order valence-corrected chi connectivity index (χ0v) is 14.2. The lowest BCUT2D eigenvalue weighted by molar-refractivity contribution is 0.0469. The van der Waals surface area contributed by atoms with Gasteiger partial charge in [0.1, 0.15) is 0 Å². The van der Waals surface area contributed by atoms with Crippen LogP contribution in [0.5, 0.6) is 0 Å². The molecule has 0 aromatic heterocycles. The zero-order chi connectivity index (χ0) is 15.0. The minimum absolute atomic E-state index is 0.350. The van der Waals surface area contributed by atoms with Crippen LogP contribution in [0.25, 0.3) is 0 Å². The highest BCUT2D eigenvalue weighted by Crippen LogP contribution is 2.39. The van der Waals surface area contributed by atoms with Crippen molar-refractivity contribution in [2.75, 3.05) is 33.4 Å². The molecule has 2 N–H and O–H groups in total. The van der Waals surface area contributed by atoms with Crippen LogP contribution in [0.15, 0.2) is 0 Å². The fourth-order valence-corrected chi connectivity index (χ4v) is 3.64. The van der Waals surface area contributed by atoms with Gasteiger partial charge in [0, 0.05) is 26.2 Å². The number of hydrogen-bond acceptors (Lipinski definition) is 3. The van der Waals surface area contributed by atoms with Crippen molar-refractivity contribution in [1.82, 2.24) is 4.90 Å². The number of methoxy groups -OCH3 is 1. The summed E-state index contributed by atoms with van der Waals surface area (Å²) in [6.07, 6.45) is 7.73. The fraction of sp³-hybridized carbons (Fsp3) is 1.00. The van der Waals surface area contributed by atoms with Crippen molar-refractivity contribution >= 4 is 0 Å². The van der Waals surface area contributed by atoms with Crippen LogP contribution >= 0.6 is 0 Å². The van der Waals surface area contributed by atoms with Crippen LogP contribution in [-0.4, -0.2) is 44.3 Å². The first kappa shape index (κ1) is 17.9. The molecule has 20 heavy (non-hydrogen) atoms. The van der Waals surface area contributed by atoms with Gasteiger partial charge < -0.3 is 10.5 Å². The van der Waals surface area contributed by atoms with Gasteiger partial charge in [-0.05, 0) is 43.6 Å². The van der Waals surface area contributed by atoms with E-state index in [0.717, 1.165) is 32.2 Å². The van der Waals surface area contributed by atoms with E-state index in [0.29, 0.717) is 11.5 Å². The summed E-state index contributed by atoms with van der Waals surface area (Å²) in [4.78, 5) is 2.65. The first-order valence-corrected chi connectivity index (χ1v) is 8.53. The van der Waals surface area contributed by atoms with E-state index in [1.165, 1.54) is 38.5 Å². The largest absolute Gasteiger partial charge is 0.383 e. The number of hydrogen-bond donors (Lipinski definition) is 1. The summed E-state index contributed by atoms with van der Waals surface area (Å²) in [7, 11) is 1.80. The minimum atomic E-state index is 0.350. The van der Waals surface area contributed by atoms with E-state index >= 15 is 0 Å². The van der Waals surface area contributed by atoms with Gasteiger partial charge in [-0.15, -0.1) is 0 Å². The molecule has 0 aliphatic heterocycles. The quantitative estimate of drug-likeness (QED) is 0.706. The fourth-order valence-electron chi connectivity index (χ4n) is 3.64. The molecule has 0 bridgehead atoms. The van der Waals surface area contributed by atoms with Crippen molar-refractivity contribution in [3.05, 3.63) is 0 Å². The van der Waals surface area contributed by atoms with Crippen molar-refractivity contribution in [2.45, 2.75) is 65.3 Å². The normalized spacial score (nSPS) is 27.4. The molecule has 120 valence electrons. The Bertz CT molecular complexity index is 245. The number of nitrogens with zero attached hydrogens (tertiary/aromatic N) is 1. The van der Waals surface area contributed by atoms with E-state index in [1.54, 1.807) is 7.11 Å². The lowest BCUT2D eigenvalue weighted by Gasteiger charge is -2.44. The highest BCUT2D eigenvalue weighted by molar-refractivity contribution is 4.89. The molecule has 1 aliphatic rings. The van der Waals surface area contributed by atoms with E-state index in [4.69, 9.17) is 10.5 Å². The van der Waals surface area contributed by atoms with E-state index in [1.807, 2.05) is 0 Å². The third-order valence-electron chi connectivity index (χ3n) is 5.35. The zero-order valence-electron chi connectivity index (χ0n) is 14.2. The molecule has 0 saturated heterocycles. The van der Waals surface area contributed by atoms with Gasteiger partial charge in [0.05, 0.1) is 6.61 Å². The molecule has 1 aliphatic carbocycles. The minimum Gasteiger partial charge on any atom is -0.383 e. The SMILES string of the molecule is CCC(CC)N(CCOC)CC1(CN)CCC(C)CC1. The van der Waals surface area contributed by atoms with E-state index in [9.17, 15) is 0 Å². The smallest absolute Gasteiger partial charge is 0.0589 e. The number of nitrogens with two attached hydrogens (primary N) is 1. The lowest BCUT2D eigenvalue weighted by atomic mass is 9.70. The van der Waals surface area contributed by atoms with Gasteiger partial charge in [-0.25, -0.2) is 0 Å². The van der Waals surface area contributed by atoms with E-state index in [2.05, 4.69) is 25.7 Å². The van der Waals surface area contributed by atoms with Crippen LogP contribution < -0.4 is 5.73 Å². The highest BCUT2D eigenvalue weighted by atomic mass is 16.5. The van der Waals surface area contributed by atoms with E-state index in [-0.39, 0.29) is 0 Å². The van der Waals surface area contributed by atoms with Gasteiger partial charge in [-0.2, -0.15) is 0 Å². The maximum absolute atomic E-state index is 6.19. The van der Waals surface area contributed by atoms with Gasteiger partial charge in [0.15, 0.2) is 0 Å². The van der Waals surface area contributed by atoms with Crippen molar-refractivity contribution in [2.24, 2.45) is 17.1 Å². The summed E-state index contributed by atoms with van der Waals surface area (Å²) in [5, 5.41) is 0. The van der Waals surface area contributed by atoms with Crippen LogP contribution in [0.1, 0.15) is 59.3 Å². The second-order valence-corrected chi connectivity index (χ2v) is 6.82. The first-order valence-electron chi connectivity index (χ1n) is 8.53. The van der Waals surface area contributed by atoms with Gasteiger partial charge in [0.25, 0.3) is 0 Å². The molecule has 0 aromatic carbocycles. The molecule has 3 heteroatoms. The lowest BCUT2D eigenvalue weighted by Crippen LogP contribution is -2.49. The monoisotopic (exact) mass is 284 g/mol. The predicted molar refractivity (Wildman–Crippen MR) is 86.9 cm³/mol. The Morgan fingerprint density at radius 3 is 2.30 bits per heavy atom. The summed E-state index contributed by atoms with van der Waals surface area (Å²) < 4.78 is 5.31. The summed E-state index contributed by atoms with van der Waals surface area (Å²) >= 11 is 0. The molecular formula is C17H36N2O. The molecule has 3 nitrogen and oxygen atoms in total. The Labute approximate surface area is 126 Å². The van der Waals surface area contributed by atoms with Crippen LogP contribution in [0.2, 0.25) is 0 Å². The Morgan fingerprint density at radius 2 is 1.85 bits per heavy atom. The highest BCUT2D eigenvalue weighted by Gasteiger charge is 2.35. The molecular weight excluding hydrogens is 248 g/mol. The van der Waals surface area contributed by atoms with Crippen LogP contribution in [0, 0.1) is 11.3 Å². The summed E-state index contributed by atoms with van der Waals surface area (Å²) in [5.41, 5.74) is 6.54. The Hall–Kier alpha value is -0.120. The molecule has 0 aromatic rings. The number of rotatable bonds is 9. The average molecular weight is 284 g/mol. The second-order valence-electron chi connectivity index (χ2n) is 6.82. The third-order valence-corrected chi connectivity index (χ3v) is 5.35. The molecule has 0 spiro atoms. The van der Waals surface area contributed by atoms with Crippen molar-refractivity contribution in [1.29, 1.82) is 0 Å². The van der Waals surface area contributed by atoms with Crippen molar-refractivity contribution in [3.8, 4) is 0 Å². The third kappa shape index (κ3) is 5.01. The molecule has 0 heterocycles. The van der Waals surface area contributed by atoms with Crippen molar-refractivity contribution in [3.63, 3.8) is 0 Å². The maximum Gasteiger partial charge on any atom is 0.0589 e. The summed E-state index contributed by atoms with van der Waals surface area (Å²) in [6.45, 7) is 10.8. The first-order chi connectivity index (χ1) is 9.60. The Kier molecular flexibility index (Phi) is 8.08. The second kappa shape index (κ2) is 9.01. The molecule has 1 rings (SSSR count). The maximum atomic E-state index is 6.19. The Balaban J connectivity index is 2.69. The standard InChI is InChI=1S/C17H36N2O/c1-5-16(6-2)19(11-12-20-4)14-17(13-18)9-7-15(3)8-10-17/h15-16H,5-14,18H2,1-4H3. The molecule has 0 unspecified atom stereocenters. The average Bonchev–Trinajstić information content (AvgIpc) is 2.48. The van der Waals surface area contributed by atoms with Crippen LogP contribution in [0.3, 0.4) is 0 Å². The molecule has 0 amide bonds. The molecule has 0 atom stereocenters. The molecule has 1 saturated carbocycles. The van der Waals surface area contributed by atoms with Gasteiger partial charge in [0.2, 0.25) is 0 Å². The predicted octanol–water partition coefficient (Wildman–Crippen LogP) is 3.28. The van der Waals surface area contributed by atoms with Gasteiger partial charge in [-0.3, -0.25) is 4.90 Å².